The quantitative estimate of drug-likeness (QED) is 0.433. The number of nitrogens with one attached hydrogen (secondary N) is 1. The van der Waals surface area contributed by atoms with Crippen LogP contribution in [-0.4, -0.2) is 16.3 Å². The lowest BCUT2D eigenvalue weighted by Crippen LogP contribution is -2.23. The molecule has 4 nitrogen and oxygen atoms in total. The lowest BCUT2D eigenvalue weighted by atomic mass is 10.3. The van der Waals surface area contributed by atoms with Crippen LogP contribution in [0.5, 0.6) is 0 Å². The van der Waals surface area contributed by atoms with Gasteiger partial charge in [-0.1, -0.05) is 6.07 Å². The molecule has 0 fully saturated rings. The Bertz CT molecular complexity index is 288. The minimum Gasteiger partial charge on any atom is -0.375 e. The monoisotopic (exact) mass is 216 g/mol. The number of rotatable bonds is 2. The van der Waals surface area contributed by atoms with Gasteiger partial charge in [0.15, 0.2) is 5.11 Å². The molecule has 0 spiro atoms. The van der Waals surface area contributed by atoms with Gasteiger partial charge in [-0.2, -0.15) is 5.10 Å². The van der Waals surface area contributed by atoms with E-state index in [-0.39, 0.29) is 17.5 Å². The molecule has 0 bridgehead atoms. The molecule has 1 aromatic heterocycles. The molecule has 0 aliphatic heterocycles. The summed E-state index contributed by atoms with van der Waals surface area (Å²) in [6, 6.07) is 3.69. The Morgan fingerprint density at radius 3 is 3.00 bits per heavy atom. The second-order valence-corrected chi connectivity index (χ2v) is 2.46. The topological polar surface area (TPSA) is 63.3 Å². The number of nitrogens with two attached hydrogens (primary N) is 1. The van der Waals surface area contributed by atoms with Gasteiger partial charge < -0.3 is 5.73 Å². The molecule has 0 saturated carbocycles. The molecule has 0 saturated heterocycles. The maximum Gasteiger partial charge on any atom is 0.184 e. The summed E-state index contributed by atoms with van der Waals surface area (Å²) in [7, 11) is 0. The number of pyridine rings is 1. The molecule has 0 radical (unpaired) electrons. The normalized spacial score (nSPS) is 9.23. The van der Waals surface area contributed by atoms with Gasteiger partial charge in [0.25, 0.3) is 0 Å². The van der Waals surface area contributed by atoms with Crippen LogP contribution >= 0.6 is 24.6 Å². The third-order valence-corrected chi connectivity index (χ3v) is 1.16. The van der Waals surface area contributed by atoms with Crippen LogP contribution in [0, 0.1) is 0 Å². The summed E-state index contributed by atoms with van der Waals surface area (Å²) in [4.78, 5) is 3.90. The highest BCUT2D eigenvalue weighted by Gasteiger charge is 1.83. The van der Waals surface area contributed by atoms with E-state index in [1.165, 1.54) is 0 Å². The van der Waals surface area contributed by atoms with Gasteiger partial charge in [0.1, 0.15) is 0 Å². The van der Waals surface area contributed by atoms with E-state index < -0.39 is 0 Å². The molecule has 13 heavy (non-hydrogen) atoms. The Hall–Kier alpha value is -1.20. The van der Waals surface area contributed by atoms with Crippen LogP contribution in [0.2, 0.25) is 0 Å². The second-order valence-electron chi connectivity index (χ2n) is 2.02. The van der Waals surface area contributed by atoms with E-state index in [2.05, 4.69) is 27.7 Å². The van der Waals surface area contributed by atoms with Crippen molar-refractivity contribution in [2.45, 2.75) is 0 Å². The number of hydrazone groups is 1. The van der Waals surface area contributed by atoms with Gasteiger partial charge in [-0.05, 0) is 18.3 Å². The van der Waals surface area contributed by atoms with Crippen LogP contribution in [0.15, 0.2) is 29.6 Å². The van der Waals surface area contributed by atoms with E-state index in [4.69, 9.17) is 5.73 Å². The van der Waals surface area contributed by atoms with Crippen LogP contribution in [0.1, 0.15) is 5.56 Å². The van der Waals surface area contributed by atoms with Gasteiger partial charge in [0.05, 0.1) is 6.21 Å². The van der Waals surface area contributed by atoms with Gasteiger partial charge >= 0.3 is 0 Å². The maximum absolute atomic E-state index is 5.15. The standard InChI is InChI=1S/C7H8N4S.ClH/c8-7(12)11-10-5-6-2-1-3-9-4-6;/h1-5H,(H3,8,11,12);1H. The van der Waals surface area contributed by atoms with E-state index in [0.29, 0.717) is 0 Å². The second kappa shape index (κ2) is 6.33. The first-order chi connectivity index (χ1) is 5.79. The predicted molar refractivity (Wildman–Crippen MR) is 59.0 cm³/mol. The van der Waals surface area contributed by atoms with E-state index >= 15 is 0 Å². The summed E-state index contributed by atoms with van der Waals surface area (Å²) in [6.07, 6.45) is 4.97. The number of nitrogens with zero attached hydrogens (tertiary/aromatic N) is 2. The SMILES string of the molecule is Cl.NC(=S)NN=Cc1cccnc1. The van der Waals surface area contributed by atoms with Crippen LogP contribution in [0.3, 0.4) is 0 Å². The van der Waals surface area contributed by atoms with E-state index in [1.807, 2.05) is 12.1 Å². The van der Waals surface area contributed by atoms with Crippen LogP contribution in [-0.2, 0) is 0 Å². The summed E-state index contributed by atoms with van der Waals surface area (Å²) in [6.45, 7) is 0. The fourth-order valence-corrected chi connectivity index (χ4v) is 0.675. The van der Waals surface area contributed by atoms with Crippen molar-refractivity contribution in [1.82, 2.24) is 10.4 Å². The molecule has 0 aliphatic rings. The first-order valence-electron chi connectivity index (χ1n) is 3.27. The zero-order chi connectivity index (χ0) is 8.81. The molecule has 0 aliphatic carbocycles. The number of hydrogen-bond acceptors (Lipinski definition) is 3. The van der Waals surface area contributed by atoms with Crippen molar-refractivity contribution in [3.63, 3.8) is 0 Å². The van der Waals surface area contributed by atoms with Crippen molar-refractivity contribution in [2.75, 3.05) is 0 Å². The lowest BCUT2D eigenvalue weighted by molar-refractivity contribution is 1.04. The van der Waals surface area contributed by atoms with E-state index in [0.717, 1.165) is 5.56 Å². The Kier molecular flexibility index (Phi) is 5.75. The first-order valence-corrected chi connectivity index (χ1v) is 3.68. The number of aromatic nitrogens is 1. The highest BCUT2D eigenvalue weighted by Crippen LogP contribution is 1.89. The minimum absolute atomic E-state index is 0. The van der Waals surface area contributed by atoms with E-state index in [9.17, 15) is 0 Å². The lowest BCUT2D eigenvalue weighted by Gasteiger charge is -1.93. The molecule has 1 aromatic rings. The van der Waals surface area contributed by atoms with Crippen molar-refractivity contribution in [2.24, 2.45) is 10.8 Å². The zero-order valence-electron chi connectivity index (χ0n) is 6.68. The van der Waals surface area contributed by atoms with Crippen molar-refractivity contribution in [3.8, 4) is 0 Å². The molecule has 1 rings (SSSR count). The average Bonchev–Trinajstić information content (AvgIpc) is 2.05. The smallest absolute Gasteiger partial charge is 0.184 e. The number of thiocarbonyl (C=S) groups is 1. The summed E-state index contributed by atoms with van der Waals surface area (Å²) in [5, 5.41) is 3.91. The third-order valence-electron chi connectivity index (χ3n) is 1.07. The van der Waals surface area contributed by atoms with Crippen molar-refractivity contribution in [3.05, 3.63) is 30.1 Å². The van der Waals surface area contributed by atoms with Crippen molar-refractivity contribution < 1.29 is 0 Å². The Morgan fingerprint density at radius 1 is 1.69 bits per heavy atom. The molecule has 3 N–H and O–H groups in total. The maximum atomic E-state index is 5.15. The zero-order valence-corrected chi connectivity index (χ0v) is 8.31. The van der Waals surface area contributed by atoms with Crippen LogP contribution < -0.4 is 11.2 Å². The van der Waals surface area contributed by atoms with Gasteiger partial charge in [0.2, 0.25) is 0 Å². The Balaban J connectivity index is 0.00000144. The highest BCUT2D eigenvalue weighted by atomic mass is 35.5. The summed E-state index contributed by atoms with van der Waals surface area (Å²) in [5.74, 6) is 0. The molecular weight excluding hydrogens is 208 g/mol. The van der Waals surface area contributed by atoms with Gasteiger partial charge in [-0.25, -0.2) is 0 Å². The van der Waals surface area contributed by atoms with Gasteiger partial charge in [-0.15, -0.1) is 12.4 Å². The molecular formula is C7H9ClN4S. The average molecular weight is 217 g/mol. The minimum atomic E-state index is 0. The van der Waals surface area contributed by atoms with Gasteiger partial charge in [0, 0.05) is 18.0 Å². The van der Waals surface area contributed by atoms with Crippen molar-refractivity contribution in [1.29, 1.82) is 0 Å². The fourth-order valence-electron chi connectivity index (χ4n) is 0.623. The highest BCUT2D eigenvalue weighted by molar-refractivity contribution is 7.80. The number of halogens is 1. The summed E-state index contributed by atoms with van der Waals surface area (Å²) >= 11 is 4.55. The van der Waals surface area contributed by atoms with Gasteiger partial charge in [-0.3, -0.25) is 10.4 Å². The predicted octanol–water partition coefficient (Wildman–Crippen LogP) is 0.671. The number of hydrogen-bond donors (Lipinski definition) is 2. The molecule has 0 atom stereocenters. The molecule has 0 amide bonds. The van der Waals surface area contributed by atoms with Crippen LogP contribution in [0.25, 0.3) is 0 Å². The van der Waals surface area contributed by atoms with E-state index in [1.54, 1.807) is 18.6 Å². The molecule has 1 heterocycles. The summed E-state index contributed by atoms with van der Waals surface area (Å²) in [5.41, 5.74) is 8.48. The molecule has 6 heteroatoms. The van der Waals surface area contributed by atoms with Crippen LogP contribution in [0.4, 0.5) is 0 Å². The fraction of sp³-hybridized carbons (Fsp3) is 0. The Labute approximate surface area is 87.6 Å². The molecule has 0 unspecified atom stereocenters. The first kappa shape index (κ1) is 11.8. The molecule has 0 aromatic carbocycles. The molecule has 70 valence electrons. The van der Waals surface area contributed by atoms with Crippen molar-refractivity contribution >= 4 is 36.0 Å². The third kappa shape index (κ3) is 5.10. The largest absolute Gasteiger partial charge is 0.375 e. The Morgan fingerprint density at radius 2 is 2.46 bits per heavy atom. The summed E-state index contributed by atoms with van der Waals surface area (Å²) < 4.78 is 0.